The number of carbonyl (C=O) groups excluding carboxylic acids is 2. The Kier molecular flexibility index (Phi) is 9.41. The van der Waals surface area contributed by atoms with Crippen LogP contribution in [0.4, 0.5) is 21.5 Å². The Bertz CT molecular complexity index is 1710. The predicted molar refractivity (Wildman–Crippen MR) is 168 cm³/mol. The number of amides is 1. The van der Waals surface area contributed by atoms with Crippen molar-refractivity contribution >= 4 is 39.0 Å². The van der Waals surface area contributed by atoms with Crippen LogP contribution in [0.25, 0.3) is 0 Å². The zero-order valence-corrected chi connectivity index (χ0v) is 25.3. The SMILES string of the molecule is CC(C)N(c1ccccc1)c1ccc(NC(=O)COC(=O)CC2c3ccccc3CCN2S(=O)(=O)c2ccc(F)cc2)cc1. The van der Waals surface area contributed by atoms with Gasteiger partial charge >= 0.3 is 5.97 Å². The van der Waals surface area contributed by atoms with Gasteiger partial charge in [0, 0.05) is 29.6 Å². The number of benzene rings is 4. The zero-order chi connectivity index (χ0) is 31.3. The van der Waals surface area contributed by atoms with Gasteiger partial charge in [-0.1, -0.05) is 42.5 Å². The Hall–Kier alpha value is -4.54. The average molecular weight is 616 g/mol. The van der Waals surface area contributed by atoms with E-state index in [1.165, 1.54) is 16.4 Å². The van der Waals surface area contributed by atoms with Crippen LogP contribution in [0.2, 0.25) is 0 Å². The number of rotatable bonds is 10. The van der Waals surface area contributed by atoms with Gasteiger partial charge < -0.3 is 15.0 Å². The molecule has 1 heterocycles. The first-order chi connectivity index (χ1) is 21.1. The van der Waals surface area contributed by atoms with Crippen LogP contribution in [0, 0.1) is 5.82 Å². The second kappa shape index (κ2) is 13.4. The summed E-state index contributed by atoms with van der Waals surface area (Å²) in [6, 6.07) is 28.7. The highest BCUT2D eigenvalue weighted by atomic mass is 32.2. The molecule has 1 N–H and O–H groups in total. The van der Waals surface area contributed by atoms with Crippen LogP contribution in [0.3, 0.4) is 0 Å². The largest absolute Gasteiger partial charge is 0.456 e. The Morgan fingerprint density at radius 2 is 1.55 bits per heavy atom. The fourth-order valence-electron chi connectivity index (χ4n) is 5.47. The first-order valence-electron chi connectivity index (χ1n) is 14.4. The lowest BCUT2D eigenvalue weighted by Crippen LogP contribution is -2.41. The van der Waals surface area contributed by atoms with Gasteiger partial charge in [-0.15, -0.1) is 0 Å². The number of carbonyl (C=O) groups is 2. The van der Waals surface area contributed by atoms with E-state index >= 15 is 0 Å². The van der Waals surface area contributed by atoms with Crippen molar-refractivity contribution in [2.75, 3.05) is 23.4 Å². The second-order valence-corrected chi connectivity index (χ2v) is 12.7. The van der Waals surface area contributed by atoms with Crippen molar-refractivity contribution in [3.8, 4) is 0 Å². The number of fused-ring (bicyclic) bond motifs is 1. The number of hydrogen-bond acceptors (Lipinski definition) is 6. The number of sulfonamides is 1. The van der Waals surface area contributed by atoms with Crippen molar-refractivity contribution < 1.29 is 27.1 Å². The lowest BCUT2D eigenvalue weighted by atomic mass is 9.92. The van der Waals surface area contributed by atoms with Gasteiger partial charge in [0.15, 0.2) is 6.61 Å². The number of anilines is 3. The lowest BCUT2D eigenvalue weighted by molar-refractivity contribution is -0.148. The van der Waals surface area contributed by atoms with Gasteiger partial charge in [-0.2, -0.15) is 4.31 Å². The molecule has 0 bridgehead atoms. The van der Waals surface area contributed by atoms with Crippen molar-refractivity contribution in [2.45, 2.75) is 43.7 Å². The number of nitrogens with zero attached hydrogens (tertiary/aromatic N) is 2. The molecule has 0 aromatic heterocycles. The summed E-state index contributed by atoms with van der Waals surface area (Å²) in [4.78, 5) is 27.7. The number of hydrogen-bond donors (Lipinski definition) is 1. The third kappa shape index (κ3) is 6.98. The van der Waals surface area contributed by atoms with Crippen LogP contribution >= 0.6 is 0 Å². The fraction of sp³-hybridized carbons (Fsp3) is 0.235. The monoisotopic (exact) mass is 615 g/mol. The molecule has 1 amide bonds. The molecule has 0 aliphatic carbocycles. The molecular formula is C34H34FN3O5S. The smallest absolute Gasteiger partial charge is 0.308 e. The Balaban J connectivity index is 1.23. The summed E-state index contributed by atoms with van der Waals surface area (Å²) in [6.07, 6.45) is 0.174. The van der Waals surface area contributed by atoms with Crippen molar-refractivity contribution in [3.05, 3.63) is 120 Å². The third-order valence-electron chi connectivity index (χ3n) is 7.49. The average Bonchev–Trinajstić information content (AvgIpc) is 3.01. The molecule has 228 valence electrons. The highest BCUT2D eigenvalue weighted by Crippen LogP contribution is 2.36. The molecule has 0 radical (unpaired) electrons. The van der Waals surface area contributed by atoms with Crippen molar-refractivity contribution in [1.82, 2.24) is 4.31 Å². The van der Waals surface area contributed by atoms with Gasteiger partial charge in [-0.05, 0) is 92.1 Å². The quantitative estimate of drug-likeness (QED) is 0.213. The molecule has 4 aromatic carbocycles. The molecule has 1 aliphatic heterocycles. The number of ether oxygens (including phenoxy) is 1. The van der Waals surface area contributed by atoms with Gasteiger partial charge in [0.1, 0.15) is 5.82 Å². The number of halogens is 1. The summed E-state index contributed by atoms with van der Waals surface area (Å²) in [6.45, 7) is 3.81. The predicted octanol–water partition coefficient (Wildman–Crippen LogP) is 6.23. The molecule has 0 fully saturated rings. The van der Waals surface area contributed by atoms with E-state index in [1.54, 1.807) is 24.3 Å². The molecule has 1 atom stereocenters. The van der Waals surface area contributed by atoms with Crippen LogP contribution in [-0.2, 0) is 30.8 Å². The maximum Gasteiger partial charge on any atom is 0.308 e. The summed E-state index contributed by atoms with van der Waals surface area (Å²) < 4.78 is 47.1. The van der Waals surface area contributed by atoms with Gasteiger partial charge in [0.05, 0.1) is 17.4 Å². The van der Waals surface area contributed by atoms with Crippen molar-refractivity contribution in [3.63, 3.8) is 0 Å². The molecule has 1 aliphatic rings. The third-order valence-corrected chi connectivity index (χ3v) is 9.41. The lowest BCUT2D eigenvalue weighted by Gasteiger charge is -2.36. The normalized spacial score (nSPS) is 15.0. The van der Waals surface area contributed by atoms with Crippen LogP contribution in [0.5, 0.6) is 0 Å². The van der Waals surface area contributed by atoms with Crippen LogP contribution in [0.1, 0.15) is 37.4 Å². The highest BCUT2D eigenvalue weighted by Gasteiger charge is 2.38. The van der Waals surface area contributed by atoms with E-state index in [-0.39, 0.29) is 23.9 Å². The molecule has 0 saturated heterocycles. The molecule has 44 heavy (non-hydrogen) atoms. The summed E-state index contributed by atoms with van der Waals surface area (Å²) in [7, 11) is -4.05. The first-order valence-corrected chi connectivity index (χ1v) is 15.8. The number of para-hydroxylation sites is 1. The summed E-state index contributed by atoms with van der Waals surface area (Å²) in [5.41, 5.74) is 4.18. The van der Waals surface area contributed by atoms with E-state index in [2.05, 4.69) is 24.1 Å². The summed E-state index contributed by atoms with van der Waals surface area (Å²) in [5.74, 6) is -1.78. The second-order valence-electron chi connectivity index (χ2n) is 10.8. The minimum absolute atomic E-state index is 0.0673. The van der Waals surface area contributed by atoms with E-state index < -0.39 is 40.4 Å². The maximum atomic E-state index is 13.5. The fourth-order valence-corrected chi connectivity index (χ4v) is 7.07. The minimum atomic E-state index is -4.05. The number of esters is 1. The van der Waals surface area contributed by atoms with E-state index in [9.17, 15) is 22.4 Å². The Morgan fingerprint density at radius 1 is 0.909 bits per heavy atom. The molecule has 1 unspecified atom stereocenters. The van der Waals surface area contributed by atoms with E-state index in [1.807, 2.05) is 54.6 Å². The standard InChI is InChI=1S/C34H34FN3O5S/c1-24(2)38(28-9-4-3-5-10-28)29-16-14-27(15-17-29)36-33(39)23-43-34(40)22-32-31-11-7-6-8-25(31)20-21-37(32)44(41,42)30-18-12-26(35)13-19-30/h3-19,24,32H,20-23H2,1-2H3,(H,36,39). The van der Waals surface area contributed by atoms with Crippen molar-refractivity contribution in [1.29, 1.82) is 0 Å². The van der Waals surface area contributed by atoms with E-state index in [0.29, 0.717) is 17.7 Å². The minimum Gasteiger partial charge on any atom is -0.456 e. The molecule has 8 nitrogen and oxygen atoms in total. The molecule has 10 heteroatoms. The van der Waals surface area contributed by atoms with E-state index in [4.69, 9.17) is 4.74 Å². The molecular weight excluding hydrogens is 581 g/mol. The summed E-state index contributed by atoms with van der Waals surface area (Å²) >= 11 is 0. The van der Waals surface area contributed by atoms with Gasteiger partial charge in [-0.3, -0.25) is 9.59 Å². The molecule has 0 spiro atoms. The Labute approximate surface area is 257 Å². The number of nitrogens with one attached hydrogen (secondary N) is 1. The molecule has 5 rings (SSSR count). The molecule has 4 aromatic rings. The van der Waals surface area contributed by atoms with Gasteiger partial charge in [0.25, 0.3) is 5.91 Å². The van der Waals surface area contributed by atoms with Crippen LogP contribution < -0.4 is 10.2 Å². The van der Waals surface area contributed by atoms with Crippen molar-refractivity contribution in [2.24, 2.45) is 0 Å². The molecule has 0 saturated carbocycles. The van der Waals surface area contributed by atoms with Crippen LogP contribution in [-0.4, -0.2) is 43.8 Å². The highest BCUT2D eigenvalue weighted by molar-refractivity contribution is 7.89. The topological polar surface area (TPSA) is 96.0 Å². The van der Waals surface area contributed by atoms with Gasteiger partial charge in [-0.25, -0.2) is 12.8 Å². The summed E-state index contributed by atoms with van der Waals surface area (Å²) in [5, 5.41) is 2.74. The Morgan fingerprint density at radius 3 is 2.23 bits per heavy atom. The van der Waals surface area contributed by atoms with Crippen LogP contribution in [0.15, 0.2) is 108 Å². The van der Waals surface area contributed by atoms with E-state index in [0.717, 1.165) is 29.1 Å². The zero-order valence-electron chi connectivity index (χ0n) is 24.5. The maximum absolute atomic E-state index is 13.5. The first kappa shape index (κ1) is 30.9. The van der Waals surface area contributed by atoms with Gasteiger partial charge in [0.2, 0.25) is 10.0 Å².